The Kier molecular flexibility index (Phi) is 7.17. The molecule has 0 aromatic heterocycles. The van der Waals surface area contributed by atoms with Crippen LogP contribution < -0.4 is 4.18 Å². The van der Waals surface area contributed by atoms with Crippen molar-refractivity contribution >= 4 is 73.8 Å². The fraction of sp³-hybridized carbons (Fsp3) is 0. The van der Waals surface area contributed by atoms with Gasteiger partial charge in [-0.2, -0.15) is 8.42 Å². The molecule has 0 unspecified atom stereocenters. The molecule has 0 amide bonds. The number of rotatable bonds is 4. The number of carboxylic acid groups (broad SMARTS) is 1. The molecule has 0 saturated carbocycles. The molecule has 8 heteroatoms. The van der Waals surface area contributed by atoms with Crippen LogP contribution in [0.2, 0.25) is 0 Å². The molecule has 0 aliphatic rings. The fourth-order valence-corrected chi connectivity index (χ4v) is 1.28. The molecule has 2 N–H and O–H groups in total. The van der Waals surface area contributed by atoms with Crippen LogP contribution in [0.1, 0.15) is 5.56 Å². The van der Waals surface area contributed by atoms with Gasteiger partial charge in [0, 0.05) is 57.5 Å². The minimum Gasteiger partial charge on any atom is -0.478 e. The third kappa shape index (κ3) is 7.66. The first kappa shape index (κ1) is 16.8. The fourth-order valence-electron chi connectivity index (χ4n) is 0.924. The second kappa shape index (κ2) is 7.26. The minimum atomic E-state index is -4.53. The van der Waals surface area contributed by atoms with E-state index in [1.807, 2.05) is 0 Å². The van der Waals surface area contributed by atoms with Crippen molar-refractivity contribution in [3.8, 4) is 5.75 Å². The van der Waals surface area contributed by atoms with Crippen LogP contribution in [0, 0.1) is 0 Å². The van der Waals surface area contributed by atoms with Gasteiger partial charge in [-0.1, -0.05) is 12.1 Å². The zero-order valence-corrected chi connectivity index (χ0v) is 12.8. The summed E-state index contributed by atoms with van der Waals surface area (Å²) in [6.45, 7) is 0. The van der Waals surface area contributed by atoms with E-state index in [1.165, 1.54) is 30.3 Å². The Labute approximate surface area is 141 Å². The Bertz CT molecular complexity index is 505. The Hall–Kier alpha value is -0.224. The van der Waals surface area contributed by atoms with Crippen LogP contribution in [0.15, 0.2) is 30.3 Å². The first-order valence-electron chi connectivity index (χ1n) is 4.05. The van der Waals surface area contributed by atoms with Crippen LogP contribution in [-0.4, -0.2) is 75.4 Å². The molecule has 0 aliphatic carbocycles. The predicted octanol–water partition coefficient (Wildman–Crippen LogP) is 0.585. The van der Waals surface area contributed by atoms with E-state index in [0.717, 1.165) is 6.08 Å². The van der Waals surface area contributed by atoms with Crippen molar-refractivity contribution in [2.45, 2.75) is 0 Å². The second-order valence-corrected chi connectivity index (χ2v) is 3.77. The molecule has 0 aliphatic heterocycles. The third-order valence-corrected chi connectivity index (χ3v) is 1.90. The van der Waals surface area contributed by atoms with Gasteiger partial charge in [0.1, 0.15) is 5.75 Å². The molecule has 1 aromatic rings. The molecule has 17 heavy (non-hydrogen) atoms. The summed E-state index contributed by atoms with van der Waals surface area (Å²) in [7, 11) is -4.53. The van der Waals surface area contributed by atoms with Crippen molar-refractivity contribution in [3.05, 3.63) is 35.9 Å². The zero-order chi connectivity index (χ0) is 12.2. The number of hydrogen-bond acceptors (Lipinski definition) is 4. The molecule has 6 nitrogen and oxygen atoms in total. The maximum Gasteiger partial charge on any atom is 0.446 e. The van der Waals surface area contributed by atoms with Crippen LogP contribution in [0.4, 0.5) is 0 Å². The Morgan fingerprint density at radius 2 is 1.76 bits per heavy atom. The summed E-state index contributed by atoms with van der Waals surface area (Å²) in [5.74, 6) is -1.15. The van der Waals surface area contributed by atoms with Gasteiger partial charge in [0.05, 0.1) is 0 Å². The first-order chi connectivity index (χ1) is 7.37. The summed E-state index contributed by atoms with van der Waals surface area (Å²) < 4.78 is 33.2. The largest absolute Gasteiger partial charge is 0.478 e. The molecule has 87 valence electrons. The summed E-state index contributed by atoms with van der Waals surface area (Å²) in [6.07, 6.45) is 2.28. The van der Waals surface area contributed by atoms with Crippen LogP contribution >= 0.6 is 0 Å². The monoisotopic (exact) mass is 283 g/mol. The van der Waals surface area contributed by atoms with Crippen LogP contribution in [0.25, 0.3) is 6.08 Å². The smallest absolute Gasteiger partial charge is 0.446 e. The van der Waals surface area contributed by atoms with E-state index >= 15 is 0 Å². The molecule has 0 spiro atoms. The van der Waals surface area contributed by atoms with Crippen molar-refractivity contribution in [2.75, 3.05) is 0 Å². The quantitative estimate of drug-likeness (QED) is 0.476. The Morgan fingerprint density at radius 3 is 2.18 bits per heavy atom. The molecule has 0 fully saturated rings. The van der Waals surface area contributed by atoms with E-state index in [0.29, 0.717) is 5.56 Å². The molecule has 0 heterocycles. The molecule has 1 aromatic carbocycles. The molecular weight excluding hydrogens is 275 g/mol. The molecule has 1 rings (SSSR count). The molecular formula is C9H8KO6S. The average Bonchev–Trinajstić information content (AvgIpc) is 2.14. The van der Waals surface area contributed by atoms with Crippen molar-refractivity contribution in [2.24, 2.45) is 0 Å². The number of carbonyl (C=O) groups is 1. The van der Waals surface area contributed by atoms with Gasteiger partial charge in [-0.25, -0.2) is 4.79 Å². The summed E-state index contributed by atoms with van der Waals surface area (Å²) >= 11 is 0. The van der Waals surface area contributed by atoms with E-state index in [1.54, 1.807) is 0 Å². The molecule has 0 bridgehead atoms. The van der Waals surface area contributed by atoms with Crippen LogP contribution in [0.3, 0.4) is 0 Å². The summed E-state index contributed by atoms with van der Waals surface area (Å²) in [4.78, 5) is 10.2. The standard InChI is InChI=1S/C9H8O6S.K/c10-9(11)6-3-7-1-4-8(5-2-7)15-16(12,13)14;/h1-6H,(H,10,11)(H,12,13,14);. The third-order valence-electron chi connectivity index (χ3n) is 1.50. The number of benzene rings is 1. The van der Waals surface area contributed by atoms with Crippen LogP contribution in [0.5, 0.6) is 5.75 Å². The normalized spacial score (nSPS) is 10.9. The van der Waals surface area contributed by atoms with Crippen LogP contribution in [-0.2, 0) is 15.2 Å². The molecule has 0 saturated heterocycles. The van der Waals surface area contributed by atoms with Gasteiger partial charge in [-0.05, 0) is 23.8 Å². The van der Waals surface area contributed by atoms with E-state index in [2.05, 4.69) is 4.18 Å². The van der Waals surface area contributed by atoms with Crippen molar-refractivity contribution < 1.29 is 27.1 Å². The van der Waals surface area contributed by atoms with Gasteiger partial charge in [-0.15, -0.1) is 0 Å². The maximum atomic E-state index is 10.3. The van der Waals surface area contributed by atoms with Gasteiger partial charge in [0.25, 0.3) is 0 Å². The second-order valence-electron chi connectivity index (χ2n) is 2.75. The number of carboxylic acids is 1. The summed E-state index contributed by atoms with van der Waals surface area (Å²) in [5.41, 5.74) is 0.560. The van der Waals surface area contributed by atoms with E-state index < -0.39 is 16.4 Å². The molecule has 1 radical (unpaired) electrons. The molecule has 0 atom stereocenters. The van der Waals surface area contributed by atoms with Gasteiger partial charge in [0.2, 0.25) is 0 Å². The van der Waals surface area contributed by atoms with Gasteiger partial charge >= 0.3 is 16.4 Å². The predicted molar refractivity (Wildman–Crippen MR) is 61.0 cm³/mol. The topological polar surface area (TPSA) is 101 Å². The van der Waals surface area contributed by atoms with Gasteiger partial charge in [-0.3, -0.25) is 4.55 Å². The Morgan fingerprint density at radius 1 is 1.24 bits per heavy atom. The minimum absolute atomic E-state index is 0. The van der Waals surface area contributed by atoms with E-state index in [4.69, 9.17) is 9.66 Å². The van der Waals surface area contributed by atoms with E-state index in [-0.39, 0.29) is 57.1 Å². The first-order valence-corrected chi connectivity index (χ1v) is 5.41. The summed E-state index contributed by atoms with van der Waals surface area (Å²) in [5, 5.41) is 8.36. The van der Waals surface area contributed by atoms with Crippen molar-refractivity contribution in [1.29, 1.82) is 0 Å². The van der Waals surface area contributed by atoms with E-state index in [9.17, 15) is 13.2 Å². The average molecular weight is 283 g/mol. The zero-order valence-electron chi connectivity index (χ0n) is 8.90. The van der Waals surface area contributed by atoms with Crippen molar-refractivity contribution in [3.63, 3.8) is 0 Å². The van der Waals surface area contributed by atoms with Gasteiger partial charge in [0.15, 0.2) is 0 Å². The summed E-state index contributed by atoms with van der Waals surface area (Å²) in [6, 6.07) is 5.46. The van der Waals surface area contributed by atoms with Gasteiger partial charge < -0.3 is 9.29 Å². The number of hydrogen-bond donors (Lipinski definition) is 2. The Balaban J connectivity index is 0.00000256. The number of aliphatic carboxylic acids is 1. The SMILES string of the molecule is O=C(O)C=Cc1ccc(OS(=O)(=O)O)cc1.[K]. The maximum absolute atomic E-state index is 10.3. The van der Waals surface area contributed by atoms with Crippen molar-refractivity contribution in [1.82, 2.24) is 0 Å².